The fourth-order valence-electron chi connectivity index (χ4n) is 2.35. The van der Waals surface area contributed by atoms with Crippen molar-refractivity contribution in [3.63, 3.8) is 0 Å². The van der Waals surface area contributed by atoms with Gasteiger partial charge in [0.15, 0.2) is 0 Å². The molecule has 0 unspecified atom stereocenters. The highest BCUT2D eigenvalue weighted by molar-refractivity contribution is 5.90. The van der Waals surface area contributed by atoms with Crippen LogP contribution in [-0.2, 0) is 9.53 Å². The average Bonchev–Trinajstić information content (AvgIpc) is 2.28. The molecule has 0 N–H and O–H groups in total. The van der Waals surface area contributed by atoms with Crippen molar-refractivity contribution in [2.24, 2.45) is 11.8 Å². The molecule has 3 atom stereocenters. The fraction of sp³-hybridized carbons (Fsp3) is 0.727. The van der Waals surface area contributed by atoms with E-state index in [-0.39, 0.29) is 12.1 Å². The third-order valence-electron chi connectivity index (χ3n) is 3.33. The minimum absolute atomic E-state index is 0.143. The van der Waals surface area contributed by atoms with Gasteiger partial charge in [0.2, 0.25) is 0 Å². The molecule has 0 aromatic heterocycles. The summed E-state index contributed by atoms with van der Waals surface area (Å²) in [5.41, 5.74) is 0.708. The van der Waals surface area contributed by atoms with E-state index in [1.807, 2.05) is 0 Å². The van der Waals surface area contributed by atoms with E-state index in [0.29, 0.717) is 11.5 Å². The topological polar surface area (TPSA) is 26.3 Å². The Morgan fingerprint density at radius 1 is 1.31 bits per heavy atom. The van der Waals surface area contributed by atoms with Crippen molar-refractivity contribution in [3.8, 4) is 0 Å². The van der Waals surface area contributed by atoms with E-state index < -0.39 is 0 Å². The molecule has 2 nitrogen and oxygen atoms in total. The standard InChI is InChI=1S/C11H16O2/c1-7-3-5-9-8(2)11(12)13-10(9)6-4-7/h7,9-10H,2-6H2,1H3/t7-,9+,10+/m1/s1. The van der Waals surface area contributed by atoms with E-state index in [2.05, 4.69) is 13.5 Å². The number of carbonyl (C=O) groups is 1. The second-order valence-electron chi connectivity index (χ2n) is 4.34. The van der Waals surface area contributed by atoms with Crippen LogP contribution in [0.3, 0.4) is 0 Å². The second-order valence-corrected chi connectivity index (χ2v) is 4.34. The first-order valence-corrected chi connectivity index (χ1v) is 5.08. The van der Waals surface area contributed by atoms with Gasteiger partial charge in [-0.15, -0.1) is 0 Å². The molecule has 0 radical (unpaired) electrons. The molecule has 2 aliphatic rings. The van der Waals surface area contributed by atoms with Crippen LogP contribution in [0.15, 0.2) is 12.2 Å². The predicted octanol–water partition coefficient (Wildman–Crippen LogP) is 2.29. The number of esters is 1. The van der Waals surface area contributed by atoms with Crippen LogP contribution in [0.1, 0.15) is 32.6 Å². The zero-order valence-corrected chi connectivity index (χ0v) is 8.08. The van der Waals surface area contributed by atoms with Gasteiger partial charge in [-0.25, -0.2) is 4.79 Å². The Kier molecular flexibility index (Phi) is 2.14. The maximum absolute atomic E-state index is 11.2. The van der Waals surface area contributed by atoms with Crippen LogP contribution in [0.5, 0.6) is 0 Å². The molecule has 0 aromatic carbocycles. The molecule has 2 rings (SSSR count). The molecule has 0 aromatic rings. The van der Waals surface area contributed by atoms with Crippen LogP contribution < -0.4 is 0 Å². The first-order chi connectivity index (χ1) is 6.18. The molecule has 0 amide bonds. The van der Waals surface area contributed by atoms with Crippen LogP contribution in [0.25, 0.3) is 0 Å². The monoisotopic (exact) mass is 180 g/mol. The maximum atomic E-state index is 11.2. The first-order valence-electron chi connectivity index (χ1n) is 5.08. The summed E-state index contributed by atoms with van der Waals surface area (Å²) < 4.78 is 5.27. The van der Waals surface area contributed by atoms with Crippen molar-refractivity contribution < 1.29 is 9.53 Å². The van der Waals surface area contributed by atoms with Crippen molar-refractivity contribution in [2.45, 2.75) is 38.7 Å². The zero-order valence-electron chi connectivity index (χ0n) is 8.08. The number of rotatable bonds is 0. The lowest BCUT2D eigenvalue weighted by Crippen LogP contribution is -2.14. The molecule has 2 heteroatoms. The van der Waals surface area contributed by atoms with Gasteiger partial charge in [-0.1, -0.05) is 13.5 Å². The smallest absolute Gasteiger partial charge is 0.334 e. The minimum Gasteiger partial charge on any atom is -0.458 e. The highest BCUT2D eigenvalue weighted by atomic mass is 16.6. The van der Waals surface area contributed by atoms with Crippen LogP contribution in [0.4, 0.5) is 0 Å². The average molecular weight is 180 g/mol. The SMILES string of the molecule is C=C1C(=O)O[C@H]2CC[C@H](C)CC[C@@H]12. The molecule has 1 aliphatic carbocycles. The van der Waals surface area contributed by atoms with Gasteiger partial charge in [0.25, 0.3) is 0 Å². The molecule has 1 saturated heterocycles. The molecule has 13 heavy (non-hydrogen) atoms. The van der Waals surface area contributed by atoms with E-state index in [4.69, 9.17) is 4.74 Å². The Morgan fingerprint density at radius 2 is 2.00 bits per heavy atom. The van der Waals surface area contributed by atoms with E-state index >= 15 is 0 Å². The van der Waals surface area contributed by atoms with Gasteiger partial charge in [0, 0.05) is 11.5 Å². The van der Waals surface area contributed by atoms with E-state index in [9.17, 15) is 4.79 Å². The maximum Gasteiger partial charge on any atom is 0.334 e. The first kappa shape index (κ1) is 8.79. The van der Waals surface area contributed by atoms with E-state index in [1.54, 1.807) is 0 Å². The lowest BCUT2D eigenvalue weighted by Gasteiger charge is -2.12. The Hall–Kier alpha value is -0.790. The Bertz CT molecular complexity index is 244. The lowest BCUT2D eigenvalue weighted by atomic mass is 9.92. The van der Waals surface area contributed by atoms with Crippen molar-refractivity contribution in [2.75, 3.05) is 0 Å². The van der Waals surface area contributed by atoms with Gasteiger partial charge in [-0.3, -0.25) is 0 Å². The summed E-state index contributed by atoms with van der Waals surface area (Å²) in [6.07, 6.45) is 4.64. The van der Waals surface area contributed by atoms with Crippen molar-refractivity contribution in [1.82, 2.24) is 0 Å². The molecule has 0 bridgehead atoms. The zero-order chi connectivity index (χ0) is 9.42. The number of hydrogen-bond donors (Lipinski definition) is 0. The van der Waals surface area contributed by atoms with Gasteiger partial charge in [-0.2, -0.15) is 0 Å². The summed E-state index contributed by atoms with van der Waals surface area (Å²) in [5, 5.41) is 0. The van der Waals surface area contributed by atoms with Gasteiger partial charge in [-0.05, 0) is 31.6 Å². The Labute approximate surface area is 79.0 Å². The minimum atomic E-state index is -0.162. The highest BCUT2D eigenvalue weighted by Crippen LogP contribution is 2.37. The number of carbonyl (C=O) groups excluding carboxylic acids is 1. The van der Waals surface area contributed by atoms with Gasteiger partial charge < -0.3 is 4.74 Å². The number of hydrogen-bond acceptors (Lipinski definition) is 2. The Morgan fingerprint density at radius 3 is 2.77 bits per heavy atom. The molecule has 0 spiro atoms. The number of fused-ring (bicyclic) bond motifs is 1. The summed E-state index contributed by atoms with van der Waals surface area (Å²) in [5.74, 6) is 0.930. The van der Waals surface area contributed by atoms with Crippen LogP contribution in [0, 0.1) is 11.8 Å². The van der Waals surface area contributed by atoms with Crippen LogP contribution in [-0.4, -0.2) is 12.1 Å². The summed E-state index contributed by atoms with van der Waals surface area (Å²) in [7, 11) is 0. The van der Waals surface area contributed by atoms with Crippen molar-refractivity contribution in [3.05, 3.63) is 12.2 Å². The molecule has 1 saturated carbocycles. The summed E-state index contributed by atoms with van der Waals surface area (Å²) in [4.78, 5) is 11.2. The lowest BCUT2D eigenvalue weighted by molar-refractivity contribution is -0.139. The molecule has 2 fully saturated rings. The van der Waals surface area contributed by atoms with Gasteiger partial charge >= 0.3 is 5.97 Å². The third-order valence-corrected chi connectivity index (χ3v) is 3.33. The van der Waals surface area contributed by atoms with Crippen LogP contribution >= 0.6 is 0 Å². The predicted molar refractivity (Wildman–Crippen MR) is 50.1 cm³/mol. The Balaban J connectivity index is 2.12. The molecular formula is C11H16O2. The normalized spacial score (nSPS) is 39.6. The van der Waals surface area contributed by atoms with Gasteiger partial charge in [0.05, 0.1) is 0 Å². The van der Waals surface area contributed by atoms with Crippen molar-refractivity contribution in [1.29, 1.82) is 0 Å². The van der Waals surface area contributed by atoms with E-state index in [0.717, 1.165) is 18.8 Å². The largest absolute Gasteiger partial charge is 0.458 e. The second kappa shape index (κ2) is 3.17. The fourth-order valence-corrected chi connectivity index (χ4v) is 2.35. The molecule has 1 aliphatic heterocycles. The summed E-state index contributed by atoms with van der Waals surface area (Å²) in [6.45, 7) is 6.08. The summed E-state index contributed by atoms with van der Waals surface area (Å²) in [6, 6.07) is 0. The van der Waals surface area contributed by atoms with Gasteiger partial charge in [0.1, 0.15) is 6.10 Å². The highest BCUT2D eigenvalue weighted by Gasteiger charge is 2.39. The molecule has 1 heterocycles. The molecule has 72 valence electrons. The molecular weight excluding hydrogens is 164 g/mol. The third kappa shape index (κ3) is 1.50. The quantitative estimate of drug-likeness (QED) is 0.422. The number of ether oxygens (including phenoxy) is 1. The van der Waals surface area contributed by atoms with Crippen LogP contribution in [0.2, 0.25) is 0 Å². The summed E-state index contributed by atoms with van der Waals surface area (Å²) >= 11 is 0. The van der Waals surface area contributed by atoms with E-state index in [1.165, 1.54) is 12.8 Å². The van der Waals surface area contributed by atoms with Crippen molar-refractivity contribution >= 4 is 5.97 Å².